The summed E-state index contributed by atoms with van der Waals surface area (Å²) in [5.41, 5.74) is 9.04. The van der Waals surface area contributed by atoms with Gasteiger partial charge in [0.1, 0.15) is 17.2 Å². The average molecular weight is 353 g/mol. The molecule has 2 aromatic carbocycles. The number of aromatic amines is 2. The Morgan fingerprint density at radius 3 is 2.64 bits per heavy atom. The Hall–Kier alpha value is -3.32. The summed E-state index contributed by atoms with van der Waals surface area (Å²) in [5, 5.41) is 25.6. The Morgan fingerprint density at radius 2 is 1.92 bits per heavy atom. The topological polar surface area (TPSA) is 127 Å². The highest BCUT2D eigenvalue weighted by molar-refractivity contribution is 6.30. The third-order valence-corrected chi connectivity index (χ3v) is 4.14. The van der Waals surface area contributed by atoms with E-state index in [0.717, 1.165) is 5.56 Å². The number of halogens is 1. The molecule has 124 valence electrons. The molecule has 0 spiro atoms. The molecular weight excluding hydrogens is 340 g/mol. The number of nitrogens with two attached hydrogens (primary N) is 1. The lowest BCUT2D eigenvalue weighted by Gasteiger charge is -1.98. The van der Waals surface area contributed by atoms with E-state index in [-0.39, 0.29) is 11.6 Å². The van der Waals surface area contributed by atoms with Gasteiger partial charge in [-0.25, -0.2) is 4.98 Å². The molecule has 0 atom stereocenters. The van der Waals surface area contributed by atoms with Crippen molar-refractivity contribution in [1.29, 1.82) is 5.41 Å². The van der Waals surface area contributed by atoms with Gasteiger partial charge in [-0.05, 0) is 30.3 Å². The number of aromatic hydroxyl groups is 1. The van der Waals surface area contributed by atoms with Crippen LogP contribution in [0.15, 0.2) is 42.5 Å². The third kappa shape index (κ3) is 2.60. The minimum Gasteiger partial charge on any atom is -0.504 e. The first-order valence-corrected chi connectivity index (χ1v) is 7.78. The van der Waals surface area contributed by atoms with E-state index in [1.165, 1.54) is 0 Å². The number of H-pyrrole nitrogens is 2. The van der Waals surface area contributed by atoms with Gasteiger partial charge >= 0.3 is 0 Å². The molecule has 0 unspecified atom stereocenters. The number of hydrogen-bond donors (Lipinski definition) is 5. The normalized spacial score (nSPS) is 11.1. The van der Waals surface area contributed by atoms with Crippen molar-refractivity contribution in [3.63, 3.8) is 0 Å². The lowest BCUT2D eigenvalue weighted by Crippen LogP contribution is -2.10. The summed E-state index contributed by atoms with van der Waals surface area (Å²) in [5.74, 6) is 0.418. The van der Waals surface area contributed by atoms with E-state index in [0.29, 0.717) is 38.8 Å². The van der Waals surface area contributed by atoms with Gasteiger partial charge in [0.05, 0.1) is 11.0 Å². The minimum atomic E-state index is -0.0209. The molecular formula is C17H13ClN6O. The average Bonchev–Trinajstić information content (AvgIpc) is 3.18. The number of aromatic nitrogens is 4. The van der Waals surface area contributed by atoms with E-state index in [4.69, 9.17) is 22.7 Å². The fourth-order valence-corrected chi connectivity index (χ4v) is 2.73. The molecule has 0 saturated heterocycles. The standard InChI is InChI=1S/C17H13ClN6O/c18-10-4-1-8(2-5-10)13-15(25)14(24-23-13)17-21-11-6-3-9(16(19)20)7-12(11)22-17/h1-7,25H,(H3,19,20)(H,21,22)(H,23,24). The number of nitrogens with one attached hydrogen (secondary N) is 3. The molecule has 0 radical (unpaired) electrons. The van der Waals surface area contributed by atoms with Crippen molar-refractivity contribution in [3.8, 4) is 28.5 Å². The van der Waals surface area contributed by atoms with Gasteiger partial charge in [0.25, 0.3) is 0 Å². The van der Waals surface area contributed by atoms with Gasteiger partial charge < -0.3 is 15.8 Å². The Balaban J connectivity index is 1.78. The van der Waals surface area contributed by atoms with Gasteiger partial charge in [-0.15, -0.1) is 0 Å². The molecule has 4 rings (SSSR count). The molecule has 2 aromatic heterocycles. The van der Waals surface area contributed by atoms with Crippen LogP contribution in [0.1, 0.15) is 5.56 Å². The molecule has 2 heterocycles. The molecule has 6 N–H and O–H groups in total. The summed E-state index contributed by atoms with van der Waals surface area (Å²) in [7, 11) is 0. The predicted molar refractivity (Wildman–Crippen MR) is 96.8 cm³/mol. The molecule has 0 bridgehead atoms. The maximum absolute atomic E-state index is 10.5. The van der Waals surface area contributed by atoms with Crippen LogP contribution < -0.4 is 5.73 Å². The van der Waals surface area contributed by atoms with Gasteiger partial charge in [-0.3, -0.25) is 10.5 Å². The van der Waals surface area contributed by atoms with Crippen molar-refractivity contribution >= 4 is 28.5 Å². The SMILES string of the molecule is N=C(N)c1ccc2nc(-c3[nH]nc(-c4ccc(Cl)cc4)c3O)[nH]c2c1. The van der Waals surface area contributed by atoms with Crippen LogP contribution in [0.3, 0.4) is 0 Å². The zero-order chi connectivity index (χ0) is 17.6. The van der Waals surface area contributed by atoms with Crippen molar-refractivity contribution in [2.45, 2.75) is 0 Å². The van der Waals surface area contributed by atoms with Crippen LogP contribution in [0.25, 0.3) is 33.8 Å². The number of rotatable bonds is 3. The van der Waals surface area contributed by atoms with Crippen molar-refractivity contribution in [1.82, 2.24) is 20.2 Å². The number of fused-ring (bicyclic) bond motifs is 1. The summed E-state index contributed by atoms with van der Waals surface area (Å²) < 4.78 is 0. The Morgan fingerprint density at radius 1 is 1.16 bits per heavy atom. The van der Waals surface area contributed by atoms with E-state index in [1.54, 1.807) is 42.5 Å². The summed E-state index contributed by atoms with van der Waals surface area (Å²) in [6, 6.07) is 12.2. The fraction of sp³-hybridized carbons (Fsp3) is 0. The Kier molecular flexibility index (Phi) is 3.43. The first kappa shape index (κ1) is 15.2. The minimum absolute atomic E-state index is 0.00632. The highest BCUT2D eigenvalue weighted by atomic mass is 35.5. The fourth-order valence-electron chi connectivity index (χ4n) is 2.61. The van der Waals surface area contributed by atoms with Gasteiger partial charge in [0.15, 0.2) is 11.6 Å². The summed E-state index contributed by atoms with van der Waals surface area (Å²) >= 11 is 5.89. The third-order valence-electron chi connectivity index (χ3n) is 3.89. The zero-order valence-electron chi connectivity index (χ0n) is 12.8. The summed E-state index contributed by atoms with van der Waals surface area (Å²) in [6.45, 7) is 0. The molecule has 0 amide bonds. The molecule has 0 aliphatic rings. The lowest BCUT2D eigenvalue weighted by atomic mass is 10.1. The first-order chi connectivity index (χ1) is 12.0. The van der Waals surface area contributed by atoms with E-state index in [9.17, 15) is 5.11 Å². The molecule has 0 aliphatic heterocycles. The molecule has 7 nitrogen and oxygen atoms in total. The number of benzene rings is 2. The molecule has 0 saturated carbocycles. The van der Waals surface area contributed by atoms with Crippen molar-refractivity contribution < 1.29 is 5.11 Å². The number of hydrogen-bond acceptors (Lipinski definition) is 4. The van der Waals surface area contributed by atoms with E-state index < -0.39 is 0 Å². The number of nitrogens with zero attached hydrogens (tertiary/aromatic N) is 2. The van der Waals surface area contributed by atoms with Crippen LogP contribution in [0.4, 0.5) is 0 Å². The van der Waals surface area contributed by atoms with Crippen molar-refractivity contribution in [3.05, 3.63) is 53.1 Å². The number of imidazole rings is 1. The molecule has 25 heavy (non-hydrogen) atoms. The van der Waals surface area contributed by atoms with Crippen LogP contribution >= 0.6 is 11.6 Å². The molecule has 0 fully saturated rings. The van der Waals surface area contributed by atoms with E-state index in [1.807, 2.05) is 0 Å². The molecule has 4 aromatic rings. The number of nitrogen functional groups attached to an aromatic ring is 1. The van der Waals surface area contributed by atoms with E-state index in [2.05, 4.69) is 20.2 Å². The monoisotopic (exact) mass is 352 g/mol. The maximum atomic E-state index is 10.5. The van der Waals surface area contributed by atoms with Gasteiger partial charge in [-0.2, -0.15) is 5.10 Å². The second-order valence-corrected chi connectivity index (χ2v) is 5.97. The Bertz CT molecular complexity index is 1100. The van der Waals surface area contributed by atoms with Gasteiger partial charge in [0.2, 0.25) is 0 Å². The van der Waals surface area contributed by atoms with Crippen LogP contribution in [0.2, 0.25) is 5.02 Å². The smallest absolute Gasteiger partial charge is 0.172 e. The largest absolute Gasteiger partial charge is 0.504 e. The van der Waals surface area contributed by atoms with Gasteiger partial charge in [-0.1, -0.05) is 23.7 Å². The quantitative estimate of drug-likeness (QED) is 0.286. The maximum Gasteiger partial charge on any atom is 0.172 e. The number of amidine groups is 1. The van der Waals surface area contributed by atoms with Crippen LogP contribution in [-0.2, 0) is 0 Å². The van der Waals surface area contributed by atoms with E-state index >= 15 is 0 Å². The first-order valence-electron chi connectivity index (χ1n) is 7.41. The Labute approximate surface area is 147 Å². The summed E-state index contributed by atoms with van der Waals surface area (Å²) in [6.07, 6.45) is 0. The summed E-state index contributed by atoms with van der Waals surface area (Å²) in [4.78, 5) is 7.55. The predicted octanol–water partition coefficient (Wildman–Crippen LogP) is 3.26. The highest BCUT2D eigenvalue weighted by Crippen LogP contribution is 2.35. The lowest BCUT2D eigenvalue weighted by molar-refractivity contribution is 0.479. The second-order valence-electron chi connectivity index (χ2n) is 5.53. The second kappa shape index (κ2) is 5.64. The van der Waals surface area contributed by atoms with Crippen molar-refractivity contribution in [2.24, 2.45) is 5.73 Å². The van der Waals surface area contributed by atoms with Crippen LogP contribution in [-0.4, -0.2) is 31.1 Å². The molecule has 8 heteroatoms. The van der Waals surface area contributed by atoms with Crippen LogP contribution in [0, 0.1) is 5.41 Å². The molecule has 0 aliphatic carbocycles. The zero-order valence-corrected chi connectivity index (χ0v) is 13.6. The van der Waals surface area contributed by atoms with Crippen LogP contribution in [0.5, 0.6) is 5.75 Å². The van der Waals surface area contributed by atoms with Gasteiger partial charge in [0, 0.05) is 16.1 Å². The highest BCUT2D eigenvalue weighted by Gasteiger charge is 2.18. The van der Waals surface area contributed by atoms with Crippen molar-refractivity contribution in [2.75, 3.05) is 0 Å².